The third kappa shape index (κ3) is 2.29. The Balaban J connectivity index is 2.34. The fourth-order valence-corrected chi connectivity index (χ4v) is 2.81. The van der Waals surface area contributed by atoms with Gasteiger partial charge in [-0.2, -0.15) is 9.66 Å². The van der Waals surface area contributed by atoms with E-state index in [0.29, 0.717) is 4.68 Å². The second kappa shape index (κ2) is 5.90. The third-order valence-electron chi connectivity index (χ3n) is 4.06. The summed E-state index contributed by atoms with van der Waals surface area (Å²) >= 11 is 0. The van der Waals surface area contributed by atoms with E-state index in [-0.39, 0.29) is 23.7 Å². The molecule has 0 amide bonds. The number of ether oxygens (including phenoxy) is 1. The van der Waals surface area contributed by atoms with Gasteiger partial charge in [0.05, 0.1) is 13.2 Å². The Morgan fingerprint density at radius 1 is 1.32 bits per heavy atom. The van der Waals surface area contributed by atoms with Gasteiger partial charge >= 0.3 is 5.69 Å². The number of fused-ring (bicyclic) bond motifs is 1. The number of rotatable bonds is 3. The summed E-state index contributed by atoms with van der Waals surface area (Å²) in [4.78, 5) is 29.0. The smallest absolute Gasteiger partial charge is 0.333 e. The maximum Gasteiger partial charge on any atom is 0.333 e. The Bertz CT molecular complexity index is 984. The number of nitrogens with zero attached hydrogens (tertiary/aromatic N) is 4. The summed E-state index contributed by atoms with van der Waals surface area (Å²) in [5.41, 5.74) is 3.51. The van der Waals surface area contributed by atoms with Crippen molar-refractivity contribution in [3.8, 4) is 12.3 Å². The number of aliphatic hydroxyl groups is 3. The molecular weight excluding hydrogens is 336 g/mol. The lowest BCUT2D eigenvalue weighted by Gasteiger charge is -2.15. The molecule has 2 aromatic rings. The Labute approximate surface area is 139 Å². The predicted molar refractivity (Wildman–Crippen MR) is 84.7 cm³/mol. The summed E-state index contributed by atoms with van der Waals surface area (Å²) in [6.07, 6.45) is -0.283. The van der Waals surface area contributed by atoms with Crippen molar-refractivity contribution in [2.75, 3.05) is 18.2 Å². The summed E-state index contributed by atoms with van der Waals surface area (Å²) in [5, 5.41) is 29.3. The van der Waals surface area contributed by atoms with Gasteiger partial charge in [0.2, 0.25) is 5.95 Å². The number of hydrogen-bond donors (Lipinski definition) is 5. The van der Waals surface area contributed by atoms with Gasteiger partial charge in [0.25, 0.3) is 5.56 Å². The van der Waals surface area contributed by atoms with Crippen molar-refractivity contribution in [1.82, 2.24) is 18.8 Å². The highest BCUT2D eigenvalue weighted by molar-refractivity contribution is 5.72. The van der Waals surface area contributed by atoms with E-state index < -0.39 is 42.4 Å². The van der Waals surface area contributed by atoms with E-state index in [1.54, 1.807) is 0 Å². The Morgan fingerprint density at radius 2 is 2.00 bits per heavy atom. The van der Waals surface area contributed by atoms with Crippen LogP contribution in [-0.4, -0.2) is 59.0 Å². The van der Waals surface area contributed by atoms with Gasteiger partial charge in [0.1, 0.15) is 18.3 Å². The largest absolute Gasteiger partial charge is 0.394 e. The minimum absolute atomic E-state index is 0.209. The van der Waals surface area contributed by atoms with Crippen molar-refractivity contribution in [2.24, 2.45) is 0 Å². The summed E-state index contributed by atoms with van der Waals surface area (Å²) in [6.45, 7) is -0.852. The van der Waals surface area contributed by atoms with Crippen molar-refractivity contribution in [2.45, 2.75) is 31.1 Å². The van der Waals surface area contributed by atoms with E-state index in [1.165, 1.54) is 0 Å². The number of anilines is 1. The fourth-order valence-electron chi connectivity index (χ4n) is 2.81. The molecule has 0 aromatic carbocycles. The number of terminal acetylenes is 1. The molecule has 12 heteroatoms. The quantitative estimate of drug-likeness (QED) is 0.270. The van der Waals surface area contributed by atoms with E-state index >= 15 is 0 Å². The number of hydrogen-bond acceptors (Lipinski definition) is 9. The number of nitrogens with two attached hydrogens (primary N) is 2. The van der Waals surface area contributed by atoms with Crippen LogP contribution in [0.2, 0.25) is 0 Å². The molecule has 134 valence electrons. The van der Waals surface area contributed by atoms with Crippen molar-refractivity contribution in [3.63, 3.8) is 0 Å². The zero-order chi connectivity index (χ0) is 18.5. The van der Waals surface area contributed by atoms with Crippen LogP contribution in [-0.2, 0) is 11.3 Å². The van der Waals surface area contributed by atoms with E-state index in [1.807, 2.05) is 0 Å². The molecule has 0 unspecified atom stereocenters. The van der Waals surface area contributed by atoms with Gasteiger partial charge in [-0.15, -0.1) is 6.42 Å². The van der Waals surface area contributed by atoms with Crippen LogP contribution in [0.15, 0.2) is 9.59 Å². The van der Waals surface area contributed by atoms with Crippen LogP contribution in [0.4, 0.5) is 5.95 Å². The van der Waals surface area contributed by atoms with Crippen molar-refractivity contribution < 1.29 is 20.1 Å². The van der Waals surface area contributed by atoms with Crippen molar-refractivity contribution in [1.29, 1.82) is 0 Å². The van der Waals surface area contributed by atoms with Crippen LogP contribution in [0.25, 0.3) is 11.2 Å². The first-order valence-corrected chi connectivity index (χ1v) is 7.17. The molecule has 0 aliphatic carbocycles. The van der Waals surface area contributed by atoms with Gasteiger partial charge in [0, 0.05) is 0 Å². The number of aromatic nitrogens is 4. The molecule has 0 saturated carbocycles. The van der Waals surface area contributed by atoms with E-state index in [2.05, 4.69) is 10.9 Å². The van der Waals surface area contributed by atoms with Crippen molar-refractivity contribution in [3.05, 3.63) is 20.8 Å². The highest BCUT2D eigenvalue weighted by atomic mass is 16.6. The molecule has 1 saturated heterocycles. The normalized spacial score (nSPS) is 26.2. The summed E-state index contributed by atoms with van der Waals surface area (Å²) in [7, 11) is 0. The molecule has 2 aromatic heterocycles. The number of nitrogen functional groups attached to an aromatic ring is 2. The Hall–Kier alpha value is -2.85. The maximum atomic E-state index is 12.7. The highest BCUT2D eigenvalue weighted by Crippen LogP contribution is 2.30. The second-order valence-electron chi connectivity index (χ2n) is 5.49. The molecule has 3 heterocycles. The first-order valence-electron chi connectivity index (χ1n) is 7.17. The molecule has 0 bridgehead atoms. The first-order chi connectivity index (χ1) is 11.8. The highest BCUT2D eigenvalue weighted by Gasteiger charge is 2.45. The van der Waals surface area contributed by atoms with Crippen LogP contribution >= 0.6 is 0 Å². The summed E-state index contributed by atoms with van der Waals surface area (Å²) in [5.74, 6) is 7.36. The SMILES string of the molecule is C#CCn1c(=O)n([C@@H]2O[C@H](CO)[C@H](O)[C@H]2O)c2nc(N)n(N)c(=O)c21. The molecule has 0 radical (unpaired) electrons. The predicted octanol–water partition coefficient (Wildman–Crippen LogP) is -4.10. The van der Waals surface area contributed by atoms with E-state index in [9.17, 15) is 24.9 Å². The maximum absolute atomic E-state index is 12.7. The first kappa shape index (κ1) is 17.0. The van der Waals surface area contributed by atoms with Gasteiger partial charge < -0.3 is 31.6 Å². The fraction of sp³-hybridized carbons (Fsp3) is 0.462. The summed E-state index contributed by atoms with van der Waals surface area (Å²) in [6, 6.07) is 0. The zero-order valence-corrected chi connectivity index (χ0v) is 12.8. The average molecular weight is 352 g/mol. The van der Waals surface area contributed by atoms with Gasteiger partial charge in [-0.1, -0.05) is 5.92 Å². The summed E-state index contributed by atoms with van der Waals surface area (Å²) < 4.78 is 7.68. The topological polar surface area (TPSA) is 184 Å². The molecular formula is C13H16N6O6. The lowest BCUT2D eigenvalue weighted by Crippen LogP contribution is -2.36. The molecule has 1 fully saturated rings. The third-order valence-corrected chi connectivity index (χ3v) is 4.06. The van der Waals surface area contributed by atoms with Crippen LogP contribution in [0.3, 0.4) is 0 Å². The van der Waals surface area contributed by atoms with Crippen LogP contribution in [0.5, 0.6) is 0 Å². The van der Waals surface area contributed by atoms with Crippen LogP contribution < -0.4 is 22.8 Å². The minimum Gasteiger partial charge on any atom is -0.394 e. The molecule has 1 aliphatic heterocycles. The monoisotopic (exact) mass is 352 g/mol. The standard InChI is InChI=1S/C13H16N6O6/c1-2-3-17-6-9(16-12(14)19(15)10(6)23)18(13(17)24)11-8(22)7(21)5(4-20)25-11/h1,5,7-8,11,20-22H,3-4,15H2,(H2,14,16)/t5-,7+,8-,11-/m1/s1. The molecule has 4 atom stereocenters. The van der Waals surface area contributed by atoms with Crippen molar-refractivity contribution >= 4 is 17.1 Å². The van der Waals surface area contributed by atoms with E-state index in [4.69, 9.17) is 22.7 Å². The number of aliphatic hydroxyl groups excluding tert-OH is 3. The Morgan fingerprint density at radius 3 is 2.56 bits per heavy atom. The lowest BCUT2D eigenvalue weighted by atomic mass is 10.1. The second-order valence-corrected chi connectivity index (χ2v) is 5.49. The van der Waals surface area contributed by atoms with E-state index in [0.717, 1.165) is 9.13 Å². The Kier molecular flexibility index (Phi) is 4.01. The molecule has 0 spiro atoms. The number of imidazole rings is 1. The minimum atomic E-state index is -1.55. The zero-order valence-electron chi connectivity index (χ0n) is 12.8. The van der Waals surface area contributed by atoms with Gasteiger partial charge in [-0.25, -0.2) is 9.36 Å². The van der Waals surface area contributed by atoms with Gasteiger partial charge in [-0.05, 0) is 0 Å². The molecule has 7 N–H and O–H groups in total. The van der Waals surface area contributed by atoms with Gasteiger partial charge in [0.15, 0.2) is 17.4 Å². The molecule has 25 heavy (non-hydrogen) atoms. The molecule has 12 nitrogen and oxygen atoms in total. The molecule has 1 aliphatic rings. The lowest BCUT2D eigenvalue weighted by molar-refractivity contribution is -0.0527. The van der Waals surface area contributed by atoms with Crippen LogP contribution in [0.1, 0.15) is 6.23 Å². The molecule has 3 rings (SSSR count). The van der Waals surface area contributed by atoms with Gasteiger partial charge in [-0.3, -0.25) is 9.36 Å². The van der Waals surface area contributed by atoms with Crippen LogP contribution in [0, 0.1) is 12.3 Å². The average Bonchev–Trinajstić information content (AvgIpc) is 3.01.